The zero-order chi connectivity index (χ0) is 29.1. The van der Waals surface area contributed by atoms with Gasteiger partial charge in [-0.15, -0.1) is 0 Å². The molecule has 2 N–H and O–H groups in total. The maximum absolute atomic E-state index is 16.0. The second-order valence-electron chi connectivity index (χ2n) is 10.3. The molecule has 1 aliphatic heterocycles. The van der Waals surface area contributed by atoms with Crippen molar-refractivity contribution < 1.29 is 41.8 Å². The van der Waals surface area contributed by atoms with E-state index in [1.165, 1.54) is 25.1 Å². The third-order valence-corrected chi connectivity index (χ3v) is 8.52. The molecule has 0 bridgehead atoms. The van der Waals surface area contributed by atoms with Gasteiger partial charge >= 0.3 is 19.4 Å². The number of ether oxygens (including phenoxy) is 2. The average molecular weight is 586 g/mol. The number of carbonyl (C=O) groups excluding carboxylic acids is 1. The normalized spacial score (nSPS) is 29.4. The van der Waals surface area contributed by atoms with Gasteiger partial charge in [-0.25, -0.2) is 18.1 Å². The second kappa shape index (κ2) is 12.0. The summed E-state index contributed by atoms with van der Waals surface area (Å²) in [7, 11) is -4.56. The molecule has 220 valence electrons. The molecule has 6 atom stereocenters. The van der Waals surface area contributed by atoms with Crippen molar-refractivity contribution in [1.29, 1.82) is 0 Å². The van der Waals surface area contributed by atoms with Crippen molar-refractivity contribution in [3.05, 3.63) is 58.8 Å². The molecule has 40 heavy (non-hydrogen) atoms. The van der Waals surface area contributed by atoms with Gasteiger partial charge in [0.25, 0.3) is 5.85 Å². The second-order valence-corrected chi connectivity index (χ2v) is 12.0. The van der Waals surface area contributed by atoms with Crippen LogP contribution in [0.4, 0.5) is 8.78 Å². The third kappa shape index (κ3) is 6.77. The van der Waals surface area contributed by atoms with E-state index in [0.29, 0.717) is 10.3 Å². The van der Waals surface area contributed by atoms with Gasteiger partial charge in [0.15, 0.2) is 18.0 Å². The van der Waals surface area contributed by atoms with Gasteiger partial charge in [-0.3, -0.25) is 13.9 Å². The molecule has 2 fully saturated rings. The number of carbonyl (C=O) groups is 1. The largest absolute Gasteiger partial charge is 0.461 e. The van der Waals surface area contributed by atoms with Crippen molar-refractivity contribution in [3.8, 4) is 5.75 Å². The van der Waals surface area contributed by atoms with Crippen LogP contribution in [0.5, 0.6) is 5.75 Å². The van der Waals surface area contributed by atoms with Gasteiger partial charge in [0.2, 0.25) is 0 Å². The van der Waals surface area contributed by atoms with Crippen LogP contribution in [0.25, 0.3) is 0 Å². The van der Waals surface area contributed by atoms with Gasteiger partial charge in [-0.05, 0) is 64.7 Å². The number of hydrogen-bond donors (Lipinski definition) is 2. The molecular weight excluding hydrogens is 551 g/mol. The quantitative estimate of drug-likeness (QED) is 0.312. The SMILES string of the molecule is Cc1ccn([C@@H]2O[C@](F)(CO[P@@](=O)(N[C@@H](C)C(=O)OC3CCCCC3)Oc3ccccc3)[C@@H](O)[C@@]2(C)F)c(=O)n1. The lowest BCUT2D eigenvalue weighted by molar-refractivity contribution is -0.204. The predicted molar refractivity (Wildman–Crippen MR) is 139 cm³/mol. The standard InChI is InChI=1S/C26H34F2N3O8P/c1-17-14-15-31(24(34)29-17)23-25(3,27)22(33)26(28,38-23)16-36-40(35,39-20-12-8-5-9-13-20)30-18(2)21(32)37-19-10-6-4-7-11-19/h5,8-9,12-15,18-19,22-23,33H,4,6-7,10-11,16H2,1-3H3,(H,30,35)/t18-,22-,23+,25+,26+,40-/m0/s1. The van der Waals surface area contributed by atoms with Gasteiger partial charge in [0.05, 0.1) is 0 Å². The highest BCUT2D eigenvalue weighted by atomic mass is 31.2. The van der Waals surface area contributed by atoms with E-state index in [0.717, 1.165) is 45.2 Å². The first-order valence-electron chi connectivity index (χ1n) is 13.1. The average Bonchev–Trinajstić information content (AvgIpc) is 3.09. The Morgan fingerprint density at radius 2 is 1.93 bits per heavy atom. The fourth-order valence-electron chi connectivity index (χ4n) is 4.66. The Morgan fingerprint density at radius 1 is 1.25 bits per heavy atom. The molecule has 1 aliphatic carbocycles. The van der Waals surface area contributed by atoms with Gasteiger partial charge < -0.3 is 19.1 Å². The molecule has 1 aromatic heterocycles. The molecular formula is C26H34F2N3O8P. The van der Waals surface area contributed by atoms with Crippen LogP contribution in [0.3, 0.4) is 0 Å². The fourth-order valence-corrected chi connectivity index (χ4v) is 6.17. The molecule has 0 amide bonds. The zero-order valence-corrected chi connectivity index (χ0v) is 23.4. The van der Waals surface area contributed by atoms with Crippen LogP contribution in [-0.2, 0) is 23.4 Å². The smallest absolute Gasteiger partial charge is 0.459 e. The number of para-hydroxylation sites is 1. The highest BCUT2D eigenvalue weighted by molar-refractivity contribution is 7.52. The topological polar surface area (TPSA) is 138 Å². The lowest BCUT2D eigenvalue weighted by Gasteiger charge is -2.28. The minimum Gasteiger partial charge on any atom is -0.461 e. The Bertz CT molecular complexity index is 1290. The van der Waals surface area contributed by atoms with E-state index in [4.69, 9.17) is 18.5 Å². The number of halogens is 2. The van der Waals surface area contributed by atoms with E-state index in [-0.39, 0.29) is 11.9 Å². The van der Waals surface area contributed by atoms with Crippen LogP contribution in [-0.4, -0.2) is 57.0 Å². The monoisotopic (exact) mass is 585 g/mol. The lowest BCUT2D eigenvalue weighted by Crippen LogP contribution is -2.47. The zero-order valence-electron chi connectivity index (χ0n) is 22.5. The van der Waals surface area contributed by atoms with Crippen LogP contribution < -0.4 is 15.3 Å². The molecule has 11 nitrogen and oxygen atoms in total. The van der Waals surface area contributed by atoms with E-state index < -0.39 is 55.9 Å². The number of aryl methyl sites for hydroxylation is 1. The molecule has 4 rings (SSSR count). The lowest BCUT2D eigenvalue weighted by atomic mass is 9.97. The van der Waals surface area contributed by atoms with Gasteiger partial charge in [0.1, 0.15) is 24.5 Å². The van der Waals surface area contributed by atoms with E-state index in [1.807, 2.05) is 0 Å². The number of hydrogen-bond acceptors (Lipinski definition) is 9. The molecule has 2 aromatic rings. The summed E-state index contributed by atoms with van der Waals surface area (Å²) in [5.74, 6) is -3.90. The molecule has 1 saturated carbocycles. The molecule has 1 aromatic carbocycles. The van der Waals surface area contributed by atoms with Crippen LogP contribution in [0, 0.1) is 6.92 Å². The molecule has 2 aliphatic rings. The number of benzene rings is 1. The minimum atomic E-state index is -4.56. The molecule has 1 saturated heterocycles. The number of nitrogens with zero attached hydrogens (tertiary/aromatic N) is 2. The number of alkyl halides is 2. The Hall–Kier alpha value is -2.70. The minimum absolute atomic E-state index is 0.0671. The third-order valence-electron chi connectivity index (χ3n) is 6.90. The van der Waals surface area contributed by atoms with Crippen molar-refractivity contribution in [1.82, 2.24) is 14.6 Å². The number of aromatic nitrogens is 2. The Kier molecular flexibility index (Phi) is 9.11. The van der Waals surface area contributed by atoms with E-state index in [1.54, 1.807) is 25.1 Å². The molecule has 14 heteroatoms. The van der Waals surface area contributed by atoms with Crippen LogP contribution in [0.1, 0.15) is 57.9 Å². The first-order chi connectivity index (χ1) is 18.8. The van der Waals surface area contributed by atoms with Crippen LogP contribution in [0.15, 0.2) is 47.4 Å². The van der Waals surface area contributed by atoms with Crippen molar-refractivity contribution in [2.24, 2.45) is 0 Å². The highest BCUT2D eigenvalue weighted by Gasteiger charge is 2.65. The summed E-state index contributed by atoms with van der Waals surface area (Å²) < 4.78 is 67.6. The number of nitrogens with one attached hydrogen (secondary N) is 1. The van der Waals surface area contributed by atoms with Crippen molar-refractivity contribution >= 4 is 13.7 Å². The van der Waals surface area contributed by atoms with Gasteiger partial charge in [0, 0.05) is 11.9 Å². The molecule has 0 unspecified atom stereocenters. The Balaban J connectivity index is 1.52. The summed E-state index contributed by atoms with van der Waals surface area (Å²) >= 11 is 0. The summed E-state index contributed by atoms with van der Waals surface area (Å²) in [5, 5.41) is 13.0. The summed E-state index contributed by atoms with van der Waals surface area (Å²) in [4.78, 5) is 28.7. The van der Waals surface area contributed by atoms with Crippen LogP contribution >= 0.6 is 7.75 Å². The molecule has 2 heterocycles. The van der Waals surface area contributed by atoms with Crippen molar-refractivity contribution in [2.75, 3.05) is 6.61 Å². The summed E-state index contributed by atoms with van der Waals surface area (Å²) in [6.45, 7) is 2.51. The summed E-state index contributed by atoms with van der Waals surface area (Å²) in [6, 6.07) is 7.97. The first-order valence-corrected chi connectivity index (χ1v) is 14.6. The first kappa shape index (κ1) is 30.3. The molecule has 0 radical (unpaired) electrons. The fraction of sp³-hybridized carbons (Fsp3) is 0.577. The molecule has 0 spiro atoms. The maximum atomic E-state index is 16.0. The highest BCUT2D eigenvalue weighted by Crippen LogP contribution is 2.51. The van der Waals surface area contributed by atoms with Gasteiger partial charge in [-0.1, -0.05) is 24.6 Å². The number of aliphatic hydroxyl groups excluding tert-OH is 1. The number of rotatable bonds is 10. The van der Waals surface area contributed by atoms with Crippen molar-refractivity contribution in [3.63, 3.8) is 0 Å². The Morgan fingerprint density at radius 3 is 2.58 bits per heavy atom. The summed E-state index contributed by atoms with van der Waals surface area (Å²) in [5.41, 5.74) is -3.39. The van der Waals surface area contributed by atoms with E-state index in [2.05, 4.69) is 10.1 Å². The predicted octanol–water partition coefficient (Wildman–Crippen LogP) is 3.89. The summed E-state index contributed by atoms with van der Waals surface area (Å²) in [6.07, 6.45) is 0.874. The number of esters is 1. The maximum Gasteiger partial charge on any atom is 0.459 e. The van der Waals surface area contributed by atoms with E-state index >= 15 is 8.78 Å². The van der Waals surface area contributed by atoms with Gasteiger partial charge in [-0.2, -0.15) is 10.1 Å². The Labute approximate surface area is 230 Å². The van der Waals surface area contributed by atoms with E-state index in [9.17, 15) is 19.3 Å². The van der Waals surface area contributed by atoms with Crippen LogP contribution in [0.2, 0.25) is 0 Å². The van der Waals surface area contributed by atoms with Crippen molar-refractivity contribution in [2.45, 2.75) is 88.9 Å². The number of aliphatic hydroxyl groups is 1.